The number of benzene rings is 2. The summed E-state index contributed by atoms with van der Waals surface area (Å²) in [4.78, 5) is 87.6. The fourth-order valence-corrected chi connectivity index (χ4v) is 4.64. The van der Waals surface area contributed by atoms with E-state index in [2.05, 4.69) is 26.6 Å². The fourth-order valence-electron chi connectivity index (χ4n) is 4.64. The smallest absolute Gasteiger partial charge is 0.326 e. The molecule has 266 valence electrons. The second-order valence-corrected chi connectivity index (χ2v) is 12.0. The molecule has 0 saturated carbocycles. The summed E-state index contributed by atoms with van der Waals surface area (Å²) in [5.74, 6) is -6.14. The van der Waals surface area contributed by atoms with E-state index >= 15 is 0 Å². The number of rotatable bonds is 19. The van der Waals surface area contributed by atoms with Gasteiger partial charge < -0.3 is 48.3 Å². The van der Waals surface area contributed by atoms with Crippen LogP contribution in [0.25, 0.3) is 0 Å². The number of hydrogen-bond acceptors (Lipinski definition) is 9. The Morgan fingerprint density at radius 3 is 1.84 bits per heavy atom. The van der Waals surface area contributed by atoms with Gasteiger partial charge in [0.1, 0.15) is 29.9 Å². The lowest BCUT2D eigenvalue weighted by Crippen LogP contribution is -2.57. The molecule has 16 heteroatoms. The van der Waals surface area contributed by atoms with E-state index in [0.717, 1.165) is 0 Å². The van der Waals surface area contributed by atoms with Crippen LogP contribution in [0.4, 0.5) is 0 Å². The molecule has 6 amide bonds. The molecule has 2 rings (SSSR count). The quantitative estimate of drug-likeness (QED) is 0.0834. The van der Waals surface area contributed by atoms with Gasteiger partial charge in [-0.2, -0.15) is 0 Å². The van der Waals surface area contributed by atoms with Crippen LogP contribution in [-0.4, -0.2) is 88.4 Å². The van der Waals surface area contributed by atoms with Gasteiger partial charge in [-0.25, -0.2) is 4.79 Å². The zero-order valence-corrected chi connectivity index (χ0v) is 27.6. The highest BCUT2D eigenvalue weighted by Gasteiger charge is 2.31. The number of aromatic hydroxyl groups is 1. The van der Waals surface area contributed by atoms with Gasteiger partial charge in [0, 0.05) is 6.42 Å². The molecular formula is C33H45N7O9. The number of nitrogens with two attached hydrogens (primary N) is 2. The minimum absolute atomic E-state index is 0.00713. The van der Waals surface area contributed by atoms with Crippen molar-refractivity contribution in [2.75, 3.05) is 6.54 Å². The van der Waals surface area contributed by atoms with Gasteiger partial charge in [0.15, 0.2) is 0 Å². The Morgan fingerprint density at radius 2 is 1.27 bits per heavy atom. The average Bonchev–Trinajstić information content (AvgIpc) is 3.03. The predicted octanol–water partition coefficient (Wildman–Crippen LogP) is -1.41. The zero-order valence-electron chi connectivity index (χ0n) is 27.6. The van der Waals surface area contributed by atoms with Crippen LogP contribution in [0.2, 0.25) is 0 Å². The molecule has 0 unspecified atom stereocenters. The molecule has 0 aliphatic heterocycles. The topological polar surface area (TPSA) is 272 Å². The number of amides is 6. The molecule has 2 aromatic carbocycles. The Hall–Kier alpha value is -5.51. The summed E-state index contributed by atoms with van der Waals surface area (Å²) in [5, 5.41) is 31.1. The molecule has 0 heterocycles. The second kappa shape index (κ2) is 19.3. The number of carbonyl (C=O) groups excluding carboxylic acids is 6. The molecule has 0 radical (unpaired) electrons. The van der Waals surface area contributed by atoms with Crippen molar-refractivity contribution in [1.82, 2.24) is 26.6 Å². The predicted molar refractivity (Wildman–Crippen MR) is 177 cm³/mol. The second-order valence-electron chi connectivity index (χ2n) is 12.0. The lowest BCUT2D eigenvalue weighted by atomic mass is 10.0. The monoisotopic (exact) mass is 683 g/mol. The van der Waals surface area contributed by atoms with E-state index in [9.17, 15) is 43.8 Å². The van der Waals surface area contributed by atoms with Crippen LogP contribution in [0, 0.1) is 5.92 Å². The molecule has 2 aromatic rings. The SMILES string of the molecule is CC(C)C[C@H](NC(=O)[C@H](Cc1ccccc1)NC(=O)CNC(=O)[C@H](C)NC(=O)[C@@H](N)Cc1ccc(O)cc1)C(=O)N[C@@H](CC(N)=O)C(=O)O. The zero-order chi connectivity index (χ0) is 36.7. The number of carboxylic acids is 1. The number of carboxylic acid groups (broad SMARTS) is 1. The maximum Gasteiger partial charge on any atom is 0.326 e. The summed E-state index contributed by atoms with van der Waals surface area (Å²) in [6.07, 6.45) is -0.393. The number of phenols is 1. The Balaban J connectivity index is 2.06. The maximum atomic E-state index is 13.5. The average molecular weight is 684 g/mol. The van der Waals surface area contributed by atoms with Crippen LogP contribution in [0.3, 0.4) is 0 Å². The molecule has 0 saturated heterocycles. The molecule has 11 N–H and O–H groups in total. The number of nitrogens with one attached hydrogen (secondary N) is 5. The summed E-state index contributed by atoms with van der Waals surface area (Å²) < 4.78 is 0. The first kappa shape index (κ1) is 39.7. The lowest BCUT2D eigenvalue weighted by molar-refractivity contribution is -0.143. The van der Waals surface area contributed by atoms with E-state index in [0.29, 0.717) is 11.1 Å². The van der Waals surface area contributed by atoms with Gasteiger partial charge in [-0.1, -0.05) is 56.3 Å². The molecule has 0 spiro atoms. The molecule has 16 nitrogen and oxygen atoms in total. The van der Waals surface area contributed by atoms with Crippen LogP contribution >= 0.6 is 0 Å². The third kappa shape index (κ3) is 14.4. The van der Waals surface area contributed by atoms with E-state index in [1.165, 1.54) is 19.1 Å². The van der Waals surface area contributed by atoms with E-state index in [4.69, 9.17) is 11.5 Å². The van der Waals surface area contributed by atoms with Crippen molar-refractivity contribution < 1.29 is 43.8 Å². The summed E-state index contributed by atoms with van der Waals surface area (Å²) >= 11 is 0. The Bertz CT molecular complexity index is 1470. The van der Waals surface area contributed by atoms with Gasteiger partial charge in [0.25, 0.3) is 0 Å². The minimum Gasteiger partial charge on any atom is -0.508 e. The first-order valence-electron chi connectivity index (χ1n) is 15.6. The number of phenolic OH excluding ortho intramolecular Hbond substituents is 1. The van der Waals surface area contributed by atoms with Crippen molar-refractivity contribution in [1.29, 1.82) is 0 Å². The lowest BCUT2D eigenvalue weighted by Gasteiger charge is -2.25. The third-order valence-corrected chi connectivity index (χ3v) is 7.20. The van der Waals surface area contributed by atoms with Crippen molar-refractivity contribution in [3.63, 3.8) is 0 Å². The minimum atomic E-state index is -1.61. The van der Waals surface area contributed by atoms with E-state index < -0.39 is 84.6 Å². The highest BCUT2D eigenvalue weighted by molar-refractivity contribution is 5.95. The highest BCUT2D eigenvalue weighted by atomic mass is 16.4. The van der Waals surface area contributed by atoms with Crippen molar-refractivity contribution in [2.45, 2.75) is 76.7 Å². The van der Waals surface area contributed by atoms with E-state index in [-0.39, 0.29) is 30.9 Å². The molecule has 0 aliphatic rings. The number of aliphatic carboxylic acids is 1. The summed E-state index contributed by atoms with van der Waals surface area (Å²) in [6, 6.07) is 8.74. The normalized spacial score (nSPS) is 13.9. The van der Waals surface area contributed by atoms with Gasteiger partial charge in [0.05, 0.1) is 19.0 Å². The largest absolute Gasteiger partial charge is 0.508 e. The Kier molecular flexibility index (Phi) is 15.7. The third-order valence-electron chi connectivity index (χ3n) is 7.20. The molecule has 0 fully saturated rings. The van der Waals surface area contributed by atoms with Crippen LogP contribution < -0.4 is 38.1 Å². The summed E-state index contributed by atoms with van der Waals surface area (Å²) in [5.41, 5.74) is 12.4. The standard InChI is InChI=1S/C33H45N7O9/c1-18(2)13-24(31(46)40-26(33(48)49)16-27(35)42)39-32(47)25(15-20-7-5-4-6-8-20)38-28(43)17-36-29(44)19(3)37-30(45)23(34)14-21-9-11-22(41)12-10-21/h4-12,18-19,23-26,41H,13-17,34H2,1-3H3,(H2,35,42)(H,36,44)(H,37,45)(H,38,43)(H,39,47)(H,40,46)(H,48,49)/t19-,23-,24-,25-,26-/m0/s1. The van der Waals surface area contributed by atoms with Gasteiger partial charge in [-0.3, -0.25) is 28.8 Å². The van der Waals surface area contributed by atoms with E-state index in [1.54, 1.807) is 56.3 Å². The molecule has 5 atom stereocenters. The number of hydrogen-bond donors (Lipinski definition) is 9. The van der Waals surface area contributed by atoms with Crippen LogP contribution in [0.5, 0.6) is 5.75 Å². The van der Waals surface area contributed by atoms with Crippen LogP contribution in [0.1, 0.15) is 44.7 Å². The van der Waals surface area contributed by atoms with E-state index in [1.807, 2.05) is 0 Å². The number of primary amides is 1. The maximum absolute atomic E-state index is 13.5. The molecule has 49 heavy (non-hydrogen) atoms. The molecule has 0 aromatic heterocycles. The summed E-state index contributed by atoms with van der Waals surface area (Å²) in [6.45, 7) is 4.41. The van der Waals surface area contributed by atoms with Crippen molar-refractivity contribution in [2.24, 2.45) is 17.4 Å². The van der Waals surface area contributed by atoms with Crippen LogP contribution in [-0.2, 0) is 46.4 Å². The number of carbonyl (C=O) groups is 7. The first-order valence-corrected chi connectivity index (χ1v) is 15.6. The van der Waals surface area contributed by atoms with Crippen molar-refractivity contribution >= 4 is 41.4 Å². The summed E-state index contributed by atoms with van der Waals surface area (Å²) in [7, 11) is 0. The van der Waals surface area contributed by atoms with Crippen molar-refractivity contribution in [3.05, 3.63) is 65.7 Å². The van der Waals surface area contributed by atoms with Crippen LogP contribution in [0.15, 0.2) is 54.6 Å². The van der Waals surface area contributed by atoms with Crippen molar-refractivity contribution in [3.8, 4) is 5.75 Å². The van der Waals surface area contributed by atoms with Gasteiger partial charge in [0.2, 0.25) is 35.4 Å². The Labute approximate surface area is 283 Å². The fraction of sp³-hybridized carbons (Fsp3) is 0.424. The molecular weight excluding hydrogens is 638 g/mol. The Morgan fingerprint density at radius 1 is 0.694 bits per heavy atom. The first-order chi connectivity index (χ1) is 23.0. The van der Waals surface area contributed by atoms with Gasteiger partial charge in [-0.15, -0.1) is 0 Å². The molecule has 0 bridgehead atoms. The van der Waals surface area contributed by atoms with Gasteiger partial charge >= 0.3 is 5.97 Å². The molecule has 0 aliphatic carbocycles. The highest BCUT2D eigenvalue weighted by Crippen LogP contribution is 2.11. The van der Waals surface area contributed by atoms with Gasteiger partial charge in [-0.05, 0) is 48.9 Å².